The van der Waals surface area contributed by atoms with E-state index in [1.54, 1.807) is 13.8 Å². The lowest BCUT2D eigenvalue weighted by Gasteiger charge is -2.72. The minimum Gasteiger partial charge on any atom is -0.292 e. The maximum Gasteiger partial charge on any atom is 0.189 e. The van der Waals surface area contributed by atoms with E-state index in [0.29, 0.717) is 30.7 Å². The number of hydrogen-bond acceptors (Lipinski definition) is 3. The molecule has 2 bridgehead atoms. The zero-order chi connectivity index (χ0) is 14.9. The molecule has 0 aliphatic heterocycles. The van der Waals surface area contributed by atoms with Crippen LogP contribution in [0.5, 0.6) is 0 Å². The van der Waals surface area contributed by atoms with Gasteiger partial charge in [-0.05, 0) is 53.9 Å². The molecule has 1 aromatic heterocycles. The average molecular weight is 276 g/mol. The number of carbonyl (C=O) groups is 1. The normalized spacial score (nSPS) is 31.5. The molecule has 0 atom stereocenters. The van der Waals surface area contributed by atoms with Crippen LogP contribution in [0.15, 0.2) is 0 Å². The molecule has 0 saturated heterocycles. The van der Waals surface area contributed by atoms with Crippen LogP contribution in [0.4, 0.5) is 4.39 Å². The molecule has 0 aromatic carbocycles. The van der Waals surface area contributed by atoms with Gasteiger partial charge in [0.25, 0.3) is 0 Å². The van der Waals surface area contributed by atoms with Gasteiger partial charge in [0.1, 0.15) is 11.4 Å². The molecule has 0 N–H and O–H groups in total. The van der Waals surface area contributed by atoms with Crippen LogP contribution in [0.3, 0.4) is 0 Å². The van der Waals surface area contributed by atoms with Gasteiger partial charge in [0, 0.05) is 10.8 Å². The highest BCUT2D eigenvalue weighted by atomic mass is 19.1. The number of nitrogens with zero attached hydrogens (tertiary/aromatic N) is 2. The monoisotopic (exact) mass is 276 g/mol. The Hall–Kier alpha value is -1.32. The maximum atomic E-state index is 14.1. The molecule has 0 radical (unpaired) electrons. The highest BCUT2D eigenvalue weighted by molar-refractivity contribution is 6.02. The first-order chi connectivity index (χ1) is 9.10. The van der Waals surface area contributed by atoms with E-state index in [-0.39, 0.29) is 16.6 Å². The molecule has 20 heavy (non-hydrogen) atoms. The number of hydrogen-bond donors (Lipinski definition) is 0. The fourth-order valence-electron chi connectivity index (χ4n) is 3.84. The third-order valence-corrected chi connectivity index (χ3v) is 5.47. The van der Waals surface area contributed by atoms with Crippen LogP contribution in [0.25, 0.3) is 0 Å². The Kier molecular flexibility index (Phi) is 2.50. The highest BCUT2D eigenvalue weighted by Gasteiger charge is 2.76. The largest absolute Gasteiger partial charge is 0.292 e. The molecule has 1 heterocycles. The standard InChI is InChI=1S/C16H21FN2O/c1-9-10(2)19-12(11(3)18-9)13(20)15-6-16(7-15,8-15)14(4,5)17/h6-8H2,1-5H3. The number of rotatable bonds is 3. The summed E-state index contributed by atoms with van der Waals surface area (Å²) in [4.78, 5) is 21.5. The van der Waals surface area contributed by atoms with Crippen LogP contribution in [-0.4, -0.2) is 21.4 Å². The van der Waals surface area contributed by atoms with Gasteiger partial charge < -0.3 is 0 Å². The van der Waals surface area contributed by atoms with Crippen LogP contribution in [0.2, 0.25) is 0 Å². The van der Waals surface area contributed by atoms with E-state index in [9.17, 15) is 9.18 Å². The molecule has 0 unspecified atom stereocenters. The van der Waals surface area contributed by atoms with Gasteiger partial charge in [-0.2, -0.15) is 0 Å². The van der Waals surface area contributed by atoms with Crippen LogP contribution < -0.4 is 0 Å². The summed E-state index contributed by atoms with van der Waals surface area (Å²) in [5.41, 5.74) is 1.01. The van der Waals surface area contributed by atoms with Crippen LogP contribution in [0.1, 0.15) is 60.7 Å². The highest BCUT2D eigenvalue weighted by Crippen LogP contribution is 2.78. The summed E-state index contributed by atoms with van der Waals surface area (Å²) in [5, 5.41) is 0. The Morgan fingerprint density at radius 1 is 1.05 bits per heavy atom. The molecule has 4 heteroatoms. The van der Waals surface area contributed by atoms with Gasteiger partial charge in [-0.25, -0.2) is 9.37 Å². The molecule has 0 amide bonds. The first kappa shape index (κ1) is 13.7. The number of aryl methyl sites for hydroxylation is 3. The van der Waals surface area contributed by atoms with Crippen molar-refractivity contribution in [2.24, 2.45) is 10.8 Å². The van der Waals surface area contributed by atoms with Crippen molar-refractivity contribution >= 4 is 5.78 Å². The van der Waals surface area contributed by atoms with Crippen molar-refractivity contribution in [3.8, 4) is 0 Å². The minimum absolute atomic E-state index is 0.0664. The number of aromatic nitrogens is 2. The van der Waals surface area contributed by atoms with Gasteiger partial charge in [-0.1, -0.05) is 0 Å². The van der Waals surface area contributed by atoms with Crippen molar-refractivity contribution in [1.82, 2.24) is 9.97 Å². The molecule has 3 aliphatic rings. The van der Waals surface area contributed by atoms with Crippen molar-refractivity contribution in [3.05, 3.63) is 22.8 Å². The maximum absolute atomic E-state index is 14.1. The molecule has 4 rings (SSSR count). The first-order valence-corrected chi connectivity index (χ1v) is 7.16. The summed E-state index contributed by atoms with van der Waals surface area (Å²) in [7, 11) is 0. The van der Waals surface area contributed by atoms with E-state index < -0.39 is 5.67 Å². The van der Waals surface area contributed by atoms with Crippen molar-refractivity contribution in [2.75, 3.05) is 0 Å². The third kappa shape index (κ3) is 1.54. The molecule has 0 spiro atoms. The van der Waals surface area contributed by atoms with Gasteiger partial charge in [-0.15, -0.1) is 0 Å². The van der Waals surface area contributed by atoms with Crippen molar-refractivity contribution in [3.63, 3.8) is 0 Å². The predicted molar refractivity (Wildman–Crippen MR) is 74.5 cm³/mol. The lowest BCUT2D eigenvalue weighted by molar-refractivity contribution is -0.237. The summed E-state index contributed by atoms with van der Waals surface area (Å²) in [6.07, 6.45) is 1.99. The lowest BCUT2D eigenvalue weighted by Crippen LogP contribution is -2.71. The van der Waals surface area contributed by atoms with E-state index in [0.717, 1.165) is 11.4 Å². The van der Waals surface area contributed by atoms with Crippen LogP contribution in [-0.2, 0) is 0 Å². The SMILES string of the molecule is Cc1nc(C)c(C(=O)C23CC(C(C)(C)F)(C2)C3)nc1C. The molecule has 3 nitrogen and oxygen atoms in total. The third-order valence-electron chi connectivity index (χ3n) is 5.47. The summed E-state index contributed by atoms with van der Waals surface area (Å²) < 4.78 is 14.1. The second-order valence-electron chi connectivity index (χ2n) is 7.22. The Balaban J connectivity index is 1.86. The first-order valence-electron chi connectivity index (χ1n) is 7.16. The zero-order valence-corrected chi connectivity index (χ0v) is 12.8. The van der Waals surface area contributed by atoms with E-state index in [4.69, 9.17) is 0 Å². The minimum atomic E-state index is -1.20. The molecule has 3 saturated carbocycles. The molecular formula is C16H21FN2O. The van der Waals surface area contributed by atoms with Crippen molar-refractivity contribution in [2.45, 2.75) is 59.5 Å². The van der Waals surface area contributed by atoms with Crippen LogP contribution >= 0.6 is 0 Å². The number of halogens is 1. The fourth-order valence-corrected chi connectivity index (χ4v) is 3.84. The molecule has 1 aromatic rings. The summed E-state index contributed by atoms with van der Waals surface area (Å²) in [5.74, 6) is 0.0664. The zero-order valence-electron chi connectivity index (χ0n) is 12.8. The topological polar surface area (TPSA) is 42.9 Å². The van der Waals surface area contributed by atoms with Crippen LogP contribution in [0, 0.1) is 31.6 Å². The fraction of sp³-hybridized carbons (Fsp3) is 0.688. The van der Waals surface area contributed by atoms with E-state index in [1.165, 1.54) is 0 Å². The van der Waals surface area contributed by atoms with Gasteiger partial charge in [0.2, 0.25) is 0 Å². The van der Waals surface area contributed by atoms with E-state index in [1.807, 2.05) is 20.8 Å². The number of alkyl halides is 1. The Labute approximate surface area is 119 Å². The van der Waals surface area contributed by atoms with Gasteiger partial charge in [0.15, 0.2) is 5.78 Å². The number of carbonyl (C=O) groups excluding carboxylic acids is 1. The van der Waals surface area contributed by atoms with Gasteiger partial charge >= 0.3 is 0 Å². The Morgan fingerprint density at radius 2 is 1.55 bits per heavy atom. The van der Waals surface area contributed by atoms with E-state index >= 15 is 0 Å². The second-order valence-corrected chi connectivity index (χ2v) is 7.22. The lowest BCUT2D eigenvalue weighted by atomic mass is 9.30. The molecular weight excluding hydrogens is 255 g/mol. The Morgan fingerprint density at radius 3 is 2.05 bits per heavy atom. The molecule has 108 valence electrons. The number of ketones is 1. The van der Waals surface area contributed by atoms with Gasteiger partial charge in [-0.3, -0.25) is 9.78 Å². The predicted octanol–water partition coefficient (Wildman–Crippen LogP) is 3.50. The Bertz CT molecular complexity index is 596. The summed E-state index contributed by atoms with van der Waals surface area (Å²) in [6.45, 7) is 8.84. The van der Waals surface area contributed by atoms with Crippen molar-refractivity contribution < 1.29 is 9.18 Å². The number of Topliss-reactive ketones (excluding diaryl/α,β-unsaturated/α-hetero) is 1. The average Bonchev–Trinajstić information content (AvgIpc) is 2.16. The summed E-state index contributed by atoms with van der Waals surface area (Å²) in [6, 6.07) is 0. The smallest absolute Gasteiger partial charge is 0.189 e. The molecule has 3 aliphatic carbocycles. The molecule has 3 fully saturated rings. The van der Waals surface area contributed by atoms with Gasteiger partial charge in [0.05, 0.1) is 17.1 Å². The van der Waals surface area contributed by atoms with E-state index in [2.05, 4.69) is 9.97 Å². The van der Waals surface area contributed by atoms with Crippen molar-refractivity contribution in [1.29, 1.82) is 0 Å². The second kappa shape index (κ2) is 3.66. The summed E-state index contributed by atoms with van der Waals surface area (Å²) >= 11 is 0. The quantitative estimate of drug-likeness (QED) is 0.793.